The zero-order valence-corrected chi connectivity index (χ0v) is 15.5. The molecule has 0 atom stereocenters. The lowest BCUT2D eigenvalue weighted by atomic mass is 10.2. The minimum atomic E-state index is -0.398. The fraction of sp³-hybridized carbons (Fsp3) is 0. The van der Waals surface area contributed by atoms with Crippen molar-refractivity contribution >= 4 is 28.3 Å². The first kappa shape index (κ1) is 17.7. The largest absolute Gasteiger partial charge is 0.436 e. The molecule has 146 valence electrons. The van der Waals surface area contributed by atoms with Crippen LogP contribution in [0.2, 0.25) is 0 Å². The number of carbonyl (C=O) groups is 1. The number of hydrogen-bond acceptors (Lipinski definition) is 5. The van der Waals surface area contributed by atoms with Crippen LogP contribution in [-0.2, 0) is 0 Å². The van der Waals surface area contributed by atoms with Gasteiger partial charge in [0, 0.05) is 17.3 Å². The molecule has 0 saturated carbocycles. The minimum Gasteiger partial charge on any atom is -0.436 e. The summed E-state index contributed by atoms with van der Waals surface area (Å²) in [5.74, 6) is 0.0215. The van der Waals surface area contributed by atoms with Crippen molar-refractivity contribution in [3.05, 3.63) is 90.5 Å². The Balaban J connectivity index is 1.44. The number of rotatable bonds is 4. The molecule has 3 aromatic carbocycles. The van der Waals surface area contributed by atoms with Gasteiger partial charge in [-0.1, -0.05) is 18.2 Å². The number of benzene rings is 3. The number of amides is 1. The maximum absolute atomic E-state index is 13.1. The van der Waals surface area contributed by atoms with Gasteiger partial charge in [0.15, 0.2) is 0 Å². The van der Waals surface area contributed by atoms with Gasteiger partial charge in [0.05, 0.1) is 11.0 Å². The number of para-hydroxylation sites is 2. The van der Waals surface area contributed by atoms with E-state index in [1.807, 2.05) is 24.3 Å². The highest BCUT2D eigenvalue weighted by Gasteiger charge is 2.13. The van der Waals surface area contributed by atoms with E-state index in [0.29, 0.717) is 28.5 Å². The van der Waals surface area contributed by atoms with E-state index >= 15 is 0 Å². The van der Waals surface area contributed by atoms with Gasteiger partial charge in [0.2, 0.25) is 5.65 Å². The summed E-state index contributed by atoms with van der Waals surface area (Å²) in [6, 6.07) is 19.8. The van der Waals surface area contributed by atoms with Gasteiger partial charge in [-0.05, 0) is 48.5 Å². The van der Waals surface area contributed by atoms with Crippen molar-refractivity contribution in [3.63, 3.8) is 0 Å². The molecule has 5 rings (SSSR count). The predicted molar refractivity (Wildman–Crippen MR) is 109 cm³/mol. The third-order valence-corrected chi connectivity index (χ3v) is 4.52. The molecule has 0 bridgehead atoms. The molecule has 0 unspecified atom stereocenters. The summed E-state index contributed by atoms with van der Waals surface area (Å²) in [5, 5.41) is 10.8. The van der Waals surface area contributed by atoms with Crippen molar-refractivity contribution in [2.24, 2.45) is 0 Å². The standard InChI is InChI=1S/C22H14FN5O2/c23-15-10-8-14(9-11-15)21(29)25-16-4-3-5-17(12-16)30-22-20-27-24-13-28(20)19-7-2-1-6-18(19)26-22/h1-13H,(H,25,29). The zero-order valence-electron chi connectivity index (χ0n) is 15.5. The number of aromatic nitrogens is 4. The summed E-state index contributed by atoms with van der Waals surface area (Å²) in [4.78, 5) is 16.9. The smallest absolute Gasteiger partial charge is 0.266 e. The Labute approximate surface area is 169 Å². The van der Waals surface area contributed by atoms with Gasteiger partial charge in [-0.3, -0.25) is 9.20 Å². The molecule has 0 aliphatic heterocycles. The maximum Gasteiger partial charge on any atom is 0.266 e. The molecular formula is C22H14FN5O2. The first-order valence-corrected chi connectivity index (χ1v) is 9.11. The summed E-state index contributed by atoms with van der Waals surface area (Å²) in [7, 11) is 0. The third kappa shape index (κ3) is 3.30. The average Bonchev–Trinajstić information content (AvgIpc) is 3.25. The van der Waals surface area contributed by atoms with E-state index in [1.165, 1.54) is 24.3 Å². The highest BCUT2D eigenvalue weighted by atomic mass is 19.1. The molecule has 5 aromatic rings. The third-order valence-electron chi connectivity index (χ3n) is 4.52. The van der Waals surface area contributed by atoms with E-state index < -0.39 is 5.82 Å². The van der Waals surface area contributed by atoms with Crippen LogP contribution in [0.25, 0.3) is 16.7 Å². The molecule has 2 aromatic heterocycles. The zero-order chi connectivity index (χ0) is 20.5. The van der Waals surface area contributed by atoms with Crippen LogP contribution in [0.1, 0.15) is 10.4 Å². The molecule has 0 fully saturated rings. The summed E-state index contributed by atoms with van der Waals surface area (Å²) >= 11 is 0. The van der Waals surface area contributed by atoms with Gasteiger partial charge >= 0.3 is 0 Å². The molecular weight excluding hydrogens is 385 g/mol. The number of fused-ring (bicyclic) bond motifs is 3. The van der Waals surface area contributed by atoms with Crippen LogP contribution in [0.5, 0.6) is 11.6 Å². The van der Waals surface area contributed by atoms with Crippen molar-refractivity contribution in [1.29, 1.82) is 0 Å². The minimum absolute atomic E-state index is 0.299. The van der Waals surface area contributed by atoms with E-state index in [9.17, 15) is 9.18 Å². The van der Waals surface area contributed by atoms with Crippen molar-refractivity contribution in [2.75, 3.05) is 5.32 Å². The quantitative estimate of drug-likeness (QED) is 0.483. The monoisotopic (exact) mass is 399 g/mol. The summed E-state index contributed by atoms with van der Waals surface area (Å²) < 4.78 is 20.8. The second-order valence-electron chi connectivity index (χ2n) is 6.52. The lowest BCUT2D eigenvalue weighted by Crippen LogP contribution is -2.11. The first-order valence-electron chi connectivity index (χ1n) is 9.11. The first-order chi connectivity index (χ1) is 14.7. The van der Waals surface area contributed by atoms with Crippen molar-refractivity contribution in [2.45, 2.75) is 0 Å². The lowest BCUT2D eigenvalue weighted by molar-refractivity contribution is 0.102. The fourth-order valence-corrected chi connectivity index (χ4v) is 3.10. The Kier molecular flexibility index (Phi) is 4.29. The van der Waals surface area contributed by atoms with Crippen LogP contribution in [0, 0.1) is 5.82 Å². The highest BCUT2D eigenvalue weighted by molar-refractivity contribution is 6.04. The van der Waals surface area contributed by atoms with Crippen molar-refractivity contribution < 1.29 is 13.9 Å². The number of anilines is 1. The Bertz CT molecular complexity index is 1380. The van der Waals surface area contributed by atoms with Gasteiger partial charge in [0.25, 0.3) is 11.8 Å². The van der Waals surface area contributed by atoms with E-state index in [1.54, 1.807) is 35.0 Å². The topological polar surface area (TPSA) is 81.4 Å². The number of carbonyl (C=O) groups excluding carboxylic acids is 1. The summed E-state index contributed by atoms with van der Waals surface area (Å²) in [6.45, 7) is 0. The Hall–Kier alpha value is -4.33. The molecule has 8 heteroatoms. The fourth-order valence-electron chi connectivity index (χ4n) is 3.10. The molecule has 1 amide bonds. The van der Waals surface area contributed by atoms with E-state index in [-0.39, 0.29) is 5.91 Å². The maximum atomic E-state index is 13.1. The van der Waals surface area contributed by atoms with Gasteiger partial charge in [-0.2, -0.15) is 0 Å². The van der Waals surface area contributed by atoms with Crippen LogP contribution in [0.4, 0.5) is 10.1 Å². The molecule has 30 heavy (non-hydrogen) atoms. The van der Waals surface area contributed by atoms with Crippen LogP contribution < -0.4 is 10.1 Å². The van der Waals surface area contributed by atoms with Gasteiger partial charge < -0.3 is 10.1 Å². The van der Waals surface area contributed by atoms with Crippen molar-refractivity contribution in [3.8, 4) is 11.6 Å². The molecule has 7 nitrogen and oxygen atoms in total. The second-order valence-corrected chi connectivity index (χ2v) is 6.52. The van der Waals surface area contributed by atoms with Gasteiger partial charge in [-0.15, -0.1) is 10.2 Å². The normalized spacial score (nSPS) is 11.0. The van der Waals surface area contributed by atoms with Gasteiger partial charge in [-0.25, -0.2) is 9.37 Å². The summed E-state index contributed by atoms with van der Waals surface area (Å²) in [6.07, 6.45) is 1.60. The number of hydrogen-bond donors (Lipinski definition) is 1. The SMILES string of the molecule is O=C(Nc1cccc(Oc2nc3ccccc3n3cnnc23)c1)c1ccc(F)cc1. The van der Waals surface area contributed by atoms with Crippen LogP contribution >= 0.6 is 0 Å². The van der Waals surface area contributed by atoms with E-state index in [4.69, 9.17) is 4.74 Å². The summed E-state index contributed by atoms with van der Waals surface area (Å²) in [5.41, 5.74) is 2.96. The van der Waals surface area contributed by atoms with Crippen LogP contribution in [0.15, 0.2) is 79.1 Å². The number of nitrogens with one attached hydrogen (secondary N) is 1. The molecule has 0 aliphatic rings. The Morgan fingerprint density at radius 1 is 1.00 bits per heavy atom. The molecule has 0 aliphatic carbocycles. The molecule has 0 spiro atoms. The van der Waals surface area contributed by atoms with E-state index in [2.05, 4.69) is 20.5 Å². The van der Waals surface area contributed by atoms with E-state index in [0.717, 1.165) is 11.0 Å². The van der Waals surface area contributed by atoms with Gasteiger partial charge in [0.1, 0.15) is 17.9 Å². The van der Waals surface area contributed by atoms with Crippen molar-refractivity contribution in [1.82, 2.24) is 19.6 Å². The average molecular weight is 399 g/mol. The number of halogens is 1. The molecule has 0 saturated heterocycles. The number of ether oxygens (including phenoxy) is 1. The highest BCUT2D eigenvalue weighted by Crippen LogP contribution is 2.28. The van der Waals surface area contributed by atoms with Crippen LogP contribution in [-0.4, -0.2) is 25.5 Å². The number of nitrogens with zero attached hydrogens (tertiary/aromatic N) is 4. The lowest BCUT2D eigenvalue weighted by Gasteiger charge is -2.10. The van der Waals surface area contributed by atoms with Crippen LogP contribution in [0.3, 0.4) is 0 Å². The molecule has 2 heterocycles. The Morgan fingerprint density at radius 3 is 2.70 bits per heavy atom. The molecule has 0 radical (unpaired) electrons. The predicted octanol–water partition coefficient (Wildman–Crippen LogP) is 4.46. The Morgan fingerprint density at radius 2 is 1.83 bits per heavy atom. The second kappa shape index (κ2) is 7.25. The molecule has 1 N–H and O–H groups in total.